The molecule has 1 N–H and O–H groups in total. The third-order valence-corrected chi connectivity index (χ3v) is 1.36. The van der Waals surface area contributed by atoms with Crippen molar-refractivity contribution < 1.29 is 20.1 Å². The van der Waals surface area contributed by atoms with E-state index in [0.29, 0.717) is 0 Å². The second-order valence-corrected chi connectivity index (χ2v) is 3.22. The molecular formula is C11H14O3. The number of rotatable bonds is 3. The molecule has 0 radical (unpaired) electrons. The van der Waals surface area contributed by atoms with Gasteiger partial charge in [-0.25, -0.2) is 4.79 Å². The van der Waals surface area contributed by atoms with Gasteiger partial charge in [0.05, 0.1) is 17.7 Å². The molecule has 0 aliphatic rings. The van der Waals surface area contributed by atoms with Gasteiger partial charge in [-0.3, -0.25) is 0 Å². The number of phenols is 1. The van der Waals surface area contributed by atoms with E-state index < -0.39 is 41.5 Å². The third-order valence-electron chi connectivity index (χ3n) is 1.36. The van der Waals surface area contributed by atoms with E-state index in [9.17, 15) is 9.90 Å². The van der Waals surface area contributed by atoms with Crippen molar-refractivity contribution in [3.8, 4) is 5.75 Å². The fourth-order valence-electron chi connectivity index (χ4n) is 0.722. The van der Waals surface area contributed by atoms with E-state index in [1.54, 1.807) is 0 Å². The lowest BCUT2D eigenvalue weighted by Crippen LogP contribution is -2.09. The Morgan fingerprint density at radius 2 is 2.07 bits per heavy atom. The summed E-state index contributed by atoms with van der Waals surface area (Å²) in [6.45, 7) is 3.79. The molecule has 0 aliphatic carbocycles. The van der Waals surface area contributed by atoms with Gasteiger partial charge < -0.3 is 9.84 Å². The first-order valence-corrected chi connectivity index (χ1v) is 4.23. The summed E-state index contributed by atoms with van der Waals surface area (Å²) in [6.07, 6.45) is 0. The van der Waals surface area contributed by atoms with Crippen molar-refractivity contribution in [1.82, 2.24) is 0 Å². The number of esters is 1. The Morgan fingerprint density at radius 3 is 2.57 bits per heavy atom. The Balaban J connectivity index is 3.21. The van der Waals surface area contributed by atoms with Crippen molar-refractivity contribution in [1.29, 1.82) is 0 Å². The zero-order chi connectivity index (χ0) is 14.0. The number of benzene rings is 1. The lowest BCUT2D eigenvalue weighted by molar-refractivity contribution is 0.0459. The molecule has 0 fully saturated rings. The van der Waals surface area contributed by atoms with E-state index in [0.717, 1.165) is 0 Å². The summed E-state index contributed by atoms with van der Waals surface area (Å²) in [5.41, 5.74) is -0.455. The lowest BCUT2D eigenvalue weighted by Gasteiger charge is -2.06. The average molecular weight is 198 g/mol. The maximum atomic E-state index is 11.7. The predicted molar refractivity (Wildman–Crippen MR) is 53.2 cm³/mol. The molecule has 3 heteroatoms. The van der Waals surface area contributed by atoms with E-state index in [-0.39, 0.29) is 12.5 Å². The standard InChI is InChI=1S/C11H14O3/c1-8(2)7-14-11(13)9-3-5-10(12)6-4-9/h3-6,8,12H,7H2,1-2H3/i3D,4D,5D,6D. The molecule has 0 amide bonds. The molecule has 1 aromatic carbocycles. The van der Waals surface area contributed by atoms with Gasteiger partial charge in [0.25, 0.3) is 0 Å². The number of carbonyl (C=O) groups is 1. The fraction of sp³-hybridized carbons (Fsp3) is 0.364. The summed E-state index contributed by atoms with van der Waals surface area (Å²) in [5.74, 6) is -1.59. The number of ether oxygens (including phenoxy) is 1. The predicted octanol–water partition coefficient (Wildman–Crippen LogP) is 2.21. The van der Waals surface area contributed by atoms with Crippen molar-refractivity contribution in [2.45, 2.75) is 13.8 Å². The van der Waals surface area contributed by atoms with Crippen molar-refractivity contribution >= 4 is 5.97 Å². The van der Waals surface area contributed by atoms with Gasteiger partial charge in [-0.15, -0.1) is 0 Å². The minimum Gasteiger partial charge on any atom is -0.508 e. The first kappa shape index (κ1) is 6.06. The highest BCUT2D eigenvalue weighted by Crippen LogP contribution is 2.10. The molecular weight excluding hydrogens is 180 g/mol. The van der Waals surface area contributed by atoms with Gasteiger partial charge >= 0.3 is 5.97 Å². The molecule has 1 aromatic rings. The summed E-state index contributed by atoms with van der Waals surface area (Å²) in [5, 5.41) is 9.33. The molecule has 0 aliphatic heterocycles. The van der Waals surface area contributed by atoms with Gasteiger partial charge in [0, 0.05) is 0 Å². The molecule has 14 heavy (non-hydrogen) atoms. The SMILES string of the molecule is [2H]c1c([2H])c(C(=O)OCC(C)C)c([2H])c([2H])c1O. The molecule has 0 unspecified atom stereocenters. The highest BCUT2D eigenvalue weighted by atomic mass is 16.5. The first-order valence-electron chi connectivity index (χ1n) is 6.23. The number of hydrogen-bond donors (Lipinski definition) is 1. The quantitative estimate of drug-likeness (QED) is 0.757. The van der Waals surface area contributed by atoms with Crippen LogP contribution in [0, 0.1) is 5.92 Å². The molecule has 0 aromatic heterocycles. The maximum absolute atomic E-state index is 11.7. The van der Waals surface area contributed by atoms with Crippen LogP contribution in [0.15, 0.2) is 24.2 Å². The number of hydrogen-bond acceptors (Lipinski definition) is 3. The molecule has 76 valence electrons. The van der Waals surface area contributed by atoms with Gasteiger partial charge in [-0.2, -0.15) is 0 Å². The minimum atomic E-state index is -0.916. The summed E-state index contributed by atoms with van der Waals surface area (Å²) >= 11 is 0. The van der Waals surface area contributed by atoms with Crippen molar-refractivity contribution in [2.75, 3.05) is 6.61 Å². The Hall–Kier alpha value is -1.51. The van der Waals surface area contributed by atoms with Gasteiger partial charge in [0.1, 0.15) is 5.75 Å². The second-order valence-electron chi connectivity index (χ2n) is 3.22. The first-order chi connectivity index (χ1) is 8.27. The number of aromatic hydroxyl groups is 1. The van der Waals surface area contributed by atoms with Crippen LogP contribution in [-0.4, -0.2) is 17.7 Å². The van der Waals surface area contributed by atoms with Crippen molar-refractivity contribution in [3.05, 3.63) is 29.7 Å². The van der Waals surface area contributed by atoms with Crippen LogP contribution in [-0.2, 0) is 4.74 Å². The van der Waals surface area contributed by atoms with Crippen LogP contribution >= 0.6 is 0 Å². The highest BCUT2D eigenvalue weighted by molar-refractivity contribution is 5.89. The van der Waals surface area contributed by atoms with Gasteiger partial charge in [0.2, 0.25) is 0 Å². The largest absolute Gasteiger partial charge is 0.508 e. The van der Waals surface area contributed by atoms with Crippen molar-refractivity contribution in [3.63, 3.8) is 0 Å². The normalized spacial score (nSPS) is 14.2. The fourth-order valence-corrected chi connectivity index (χ4v) is 0.722. The van der Waals surface area contributed by atoms with Crippen LogP contribution in [0.2, 0.25) is 0 Å². The van der Waals surface area contributed by atoms with Crippen LogP contribution in [0.25, 0.3) is 0 Å². The van der Waals surface area contributed by atoms with E-state index in [1.165, 1.54) is 0 Å². The lowest BCUT2D eigenvalue weighted by atomic mass is 10.2. The summed E-state index contributed by atoms with van der Waals surface area (Å²) < 4.78 is 34.7. The Bertz CT molecular complexity index is 457. The Labute approximate surface area is 88.9 Å². The van der Waals surface area contributed by atoms with Crippen LogP contribution < -0.4 is 0 Å². The van der Waals surface area contributed by atoms with Gasteiger partial charge in [0.15, 0.2) is 0 Å². The number of carbonyl (C=O) groups excluding carboxylic acids is 1. The molecule has 0 bridgehead atoms. The van der Waals surface area contributed by atoms with Crippen LogP contribution in [0.4, 0.5) is 0 Å². The third kappa shape index (κ3) is 3.09. The smallest absolute Gasteiger partial charge is 0.338 e. The monoisotopic (exact) mass is 198 g/mol. The van der Waals surface area contributed by atoms with E-state index >= 15 is 0 Å². The summed E-state index contributed by atoms with van der Waals surface area (Å²) in [6, 6.07) is -2.48. The van der Waals surface area contributed by atoms with Gasteiger partial charge in [-0.05, 0) is 30.1 Å². The minimum absolute atomic E-state index is 0.0976. The zero-order valence-corrected chi connectivity index (χ0v) is 8.05. The number of phenolic OH excluding ortho intramolecular Hbond substituents is 1. The van der Waals surface area contributed by atoms with Crippen LogP contribution in [0.3, 0.4) is 0 Å². The average Bonchev–Trinajstić information content (AvgIpc) is 2.31. The zero-order valence-electron chi connectivity index (χ0n) is 12.0. The highest BCUT2D eigenvalue weighted by Gasteiger charge is 2.07. The topological polar surface area (TPSA) is 46.5 Å². The van der Waals surface area contributed by atoms with E-state index in [4.69, 9.17) is 10.2 Å². The molecule has 3 nitrogen and oxygen atoms in total. The Kier molecular flexibility index (Phi) is 2.01. The summed E-state index contributed by atoms with van der Waals surface area (Å²) in [4.78, 5) is 11.7. The van der Waals surface area contributed by atoms with E-state index in [1.807, 2.05) is 13.8 Å². The molecule has 1 rings (SSSR count). The van der Waals surface area contributed by atoms with Gasteiger partial charge in [-0.1, -0.05) is 13.8 Å². The van der Waals surface area contributed by atoms with E-state index in [2.05, 4.69) is 0 Å². The second kappa shape index (κ2) is 4.65. The maximum Gasteiger partial charge on any atom is 0.338 e. The Morgan fingerprint density at radius 1 is 1.50 bits per heavy atom. The summed E-state index contributed by atoms with van der Waals surface area (Å²) in [7, 11) is 0. The van der Waals surface area contributed by atoms with Crippen molar-refractivity contribution in [2.24, 2.45) is 5.92 Å². The van der Waals surface area contributed by atoms with Crippen LogP contribution in [0.5, 0.6) is 5.75 Å². The molecule has 0 heterocycles. The molecule has 0 saturated carbocycles. The molecule has 0 spiro atoms. The van der Waals surface area contributed by atoms with Crippen LogP contribution in [0.1, 0.15) is 29.7 Å². The molecule has 0 saturated heterocycles. The molecule has 0 atom stereocenters.